The summed E-state index contributed by atoms with van der Waals surface area (Å²) < 4.78 is 8.58. The van der Waals surface area contributed by atoms with Gasteiger partial charge in [0.25, 0.3) is 5.91 Å². The SMILES string of the molecule is CCC(C(=O)OC)n1c(=NC(=O)c2ccc(C)cc2)sc2c(Br)cccc21. The second-order valence-electron chi connectivity index (χ2n) is 6.07. The van der Waals surface area contributed by atoms with E-state index < -0.39 is 6.04 Å². The van der Waals surface area contributed by atoms with Gasteiger partial charge in [-0.1, -0.05) is 42.0 Å². The molecule has 0 fully saturated rings. The number of carbonyl (C=O) groups excluding carboxylic acids is 2. The number of aromatic nitrogens is 1. The smallest absolute Gasteiger partial charge is 0.328 e. The van der Waals surface area contributed by atoms with E-state index >= 15 is 0 Å². The molecule has 5 nitrogen and oxygen atoms in total. The molecule has 0 aliphatic rings. The van der Waals surface area contributed by atoms with Crippen LogP contribution in [0.25, 0.3) is 10.2 Å². The van der Waals surface area contributed by atoms with E-state index in [0.29, 0.717) is 16.8 Å². The summed E-state index contributed by atoms with van der Waals surface area (Å²) in [6.07, 6.45) is 0.525. The highest BCUT2D eigenvalue weighted by molar-refractivity contribution is 9.10. The third-order valence-electron chi connectivity index (χ3n) is 4.27. The van der Waals surface area contributed by atoms with Crippen LogP contribution in [-0.4, -0.2) is 23.6 Å². The van der Waals surface area contributed by atoms with Gasteiger partial charge >= 0.3 is 5.97 Å². The van der Waals surface area contributed by atoms with Gasteiger partial charge in [-0.3, -0.25) is 4.79 Å². The Hall–Kier alpha value is -2.25. The van der Waals surface area contributed by atoms with Crippen LogP contribution in [0.4, 0.5) is 0 Å². The minimum absolute atomic E-state index is 0.342. The van der Waals surface area contributed by atoms with Crippen LogP contribution in [0.5, 0.6) is 0 Å². The molecular formula is C20H19BrN2O3S. The lowest BCUT2D eigenvalue weighted by molar-refractivity contribution is -0.144. The van der Waals surface area contributed by atoms with Gasteiger partial charge in [0.15, 0.2) is 4.80 Å². The number of rotatable bonds is 4. The zero-order valence-electron chi connectivity index (χ0n) is 15.2. The molecule has 0 saturated carbocycles. The third-order valence-corrected chi connectivity index (χ3v) is 6.30. The third kappa shape index (κ3) is 3.89. The Balaban J connectivity index is 2.23. The number of fused-ring (bicyclic) bond motifs is 1. The molecule has 0 bridgehead atoms. The summed E-state index contributed by atoms with van der Waals surface area (Å²) in [6.45, 7) is 3.87. The lowest BCUT2D eigenvalue weighted by Gasteiger charge is -2.15. The zero-order valence-corrected chi connectivity index (χ0v) is 17.6. The van der Waals surface area contributed by atoms with E-state index in [9.17, 15) is 9.59 Å². The van der Waals surface area contributed by atoms with Gasteiger partial charge in [-0.05, 0) is 53.5 Å². The monoisotopic (exact) mass is 446 g/mol. The van der Waals surface area contributed by atoms with Crippen molar-refractivity contribution in [3.05, 3.63) is 62.9 Å². The lowest BCUT2D eigenvalue weighted by atomic mass is 10.1. The average Bonchev–Trinajstić information content (AvgIpc) is 3.02. The van der Waals surface area contributed by atoms with Gasteiger partial charge in [0.05, 0.1) is 17.3 Å². The minimum Gasteiger partial charge on any atom is -0.467 e. The number of ether oxygens (including phenoxy) is 1. The molecule has 3 rings (SSSR count). The Bertz CT molecular complexity index is 1070. The Kier molecular flexibility index (Phi) is 5.92. The largest absolute Gasteiger partial charge is 0.467 e. The highest BCUT2D eigenvalue weighted by Gasteiger charge is 2.24. The number of thiazole rings is 1. The number of nitrogens with zero attached hydrogens (tertiary/aromatic N) is 2. The van der Waals surface area contributed by atoms with E-state index in [0.717, 1.165) is 20.3 Å². The maximum absolute atomic E-state index is 12.7. The van der Waals surface area contributed by atoms with Crippen molar-refractivity contribution in [3.63, 3.8) is 0 Å². The Morgan fingerprint density at radius 2 is 1.93 bits per heavy atom. The van der Waals surface area contributed by atoms with Crippen LogP contribution in [0.3, 0.4) is 0 Å². The van der Waals surface area contributed by atoms with Crippen molar-refractivity contribution in [2.75, 3.05) is 7.11 Å². The molecule has 1 amide bonds. The number of amides is 1. The Morgan fingerprint density at radius 1 is 1.22 bits per heavy atom. The van der Waals surface area contributed by atoms with Gasteiger partial charge in [0.1, 0.15) is 6.04 Å². The molecule has 0 N–H and O–H groups in total. The number of aryl methyl sites for hydroxylation is 1. The predicted octanol–water partition coefficient (Wildman–Crippen LogP) is 4.64. The molecule has 1 unspecified atom stereocenters. The van der Waals surface area contributed by atoms with Crippen LogP contribution >= 0.6 is 27.3 Å². The molecular weight excluding hydrogens is 428 g/mol. The normalized spacial score (nSPS) is 13.0. The van der Waals surface area contributed by atoms with E-state index in [2.05, 4.69) is 20.9 Å². The number of benzene rings is 2. The maximum atomic E-state index is 12.7. The standard InChI is InChI=1S/C20H19BrN2O3S/c1-4-15(19(25)26-3)23-16-7-5-6-14(21)17(16)27-20(23)22-18(24)13-10-8-12(2)9-11-13/h5-11,15H,4H2,1-3H3. The first-order chi connectivity index (χ1) is 13.0. The number of hydrogen-bond acceptors (Lipinski definition) is 4. The van der Waals surface area contributed by atoms with E-state index in [1.807, 2.05) is 44.2 Å². The van der Waals surface area contributed by atoms with Gasteiger partial charge in [0.2, 0.25) is 0 Å². The van der Waals surface area contributed by atoms with E-state index in [4.69, 9.17) is 4.74 Å². The van der Waals surface area contributed by atoms with Crippen molar-refractivity contribution < 1.29 is 14.3 Å². The van der Waals surface area contributed by atoms with E-state index in [1.165, 1.54) is 18.4 Å². The van der Waals surface area contributed by atoms with Crippen molar-refractivity contribution in [2.24, 2.45) is 4.99 Å². The van der Waals surface area contributed by atoms with Gasteiger partial charge in [0, 0.05) is 10.0 Å². The summed E-state index contributed by atoms with van der Waals surface area (Å²) in [4.78, 5) is 29.8. The summed E-state index contributed by atoms with van der Waals surface area (Å²) in [7, 11) is 1.37. The molecule has 2 aromatic carbocycles. The van der Waals surface area contributed by atoms with Gasteiger partial charge < -0.3 is 9.30 Å². The predicted molar refractivity (Wildman–Crippen MR) is 110 cm³/mol. The zero-order chi connectivity index (χ0) is 19.6. The summed E-state index contributed by atoms with van der Waals surface area (Å²) >= 11 is 4.91. The molecule has 3 aromatic rings. The molecule has 0 saturated heterocycles. The van der Waals surface area contributed by atoms with Crippen molar-refractivity contribution in [1.29, 1.82) is 0 Å². The Morgan fingerprint density at radius 3 is 2.56 bits per heavy atom. The van der Waals surface area contributed by atoms with Crippen LogP contribution in [0, 0.1) is 6.92 Å². The lowest BCUT2D eigenvalue weighted by Crippen LogP contribution is -2.28. The molecule has 0 radical (unpaired) electrons. The van der Waals surface area contributed by atoms with Gasteiger partial charge in [-0.2, -0.15) is 4.99 Å². The van der Waals surface area contributed by atoms with E-state index in [1.54, 1.807) is 16.7 Å². The van der Waals surface area contributed by atoms with Crippen LogP contribution in [0.15, 0.2) is 51.9 Å². The van der Waals surface area contributed by atoms with Crippen molar-refractivity contribution >= 4 is 49.4 Å². The molecule has 1 heterocycles. The fraction of sp³-hybridized carbons (Fsp3) is 0.250. The number of halogens is 1. The highest BCUT2D eigenvalue weighted by atomic mass is 79.9. The fourth-order valence-electron chi connectivity index (χ4n) is 2.85. The van der Waals surface area contributed by atoms with Crippen LogP contribution in [-0.2, 0) is 9.53 Å². The molecule has 27 heavy (non-hydrogen) atoms. The summed E-state index contributed by atoms with van der Waals surface area (Å²) in [5.74, 6) is -0.701. The second-order valence-corrected chi connectivity index (χ2v) is 7.90. The summed E-state index contributed by atoms with van der Waals surface area (Å²) in [5.41, 5.74) is 2.42. The van der Waals surface area contributed by atoms with Crippen molar-refractivity contribution in [1.82, 2.24) is 4.57 Å². The molecule has 0 spiro atoms. The number of methoxy groups -OCH3 is 1. The topological polar surface area (TPSA) is 60.7 Å². The van der Waals surface area contributed by atoms with Crippen LogP contribution < -0.4 is 4.80 Å². The first-order valence-electron chi connectivity index (χ1n) is 8.49. The average molecular weight is 447 g/mol. The number of hydrogen-bond donors (Lipinski definition) is 0. The minimum atomic E-state index is -0.553. The molecule has 0 aliphatic carbocycles. The van der Waals surface area contributed by atoms with Gasteiger partial charge in [-0.25, -0.2) is 4.79 Å². The maximum Gasteiger partial charge on any atom is 0.328 e. The molecule has 0 aliphatic heterocycles. The number of carbonyl (C=O) groups is 2. The first-order valence-corrected chi connectivity index (χ1v) is 10.1. The first kappa shape index (κ1) is 19.5. The Labute approximate surface area is 169 Å². The molecule has 140 valence electrons. The van der Waals surface area contributed by atoms with Crippen molar-refractivity contribution in [2.45, 2.75) is 26.3 Å². The summed E-state index contributed by atoms with van der Waals surface area (Å²) in [6, 6.07) is 12.4. The molecule has 1 atom stereocenters. The molecule has 7 heteroatoms. The fourth-order valence-corrected chi connectivity index (χ4v) is 4.52. The second kappa shape index (κ2) is 8.19. The summed E-state index contributed by atoms with van der Waals surface area (Å²) in [5, 5.41) is 0. The van der Waals surface area contributed by atoms with Crippen molar-refractivity contribution in [3.8, 4) is 0 Å². The van der Waals surface area contributed by atoms with Gasteiger partial charge in [-0.15, -0.1) is 0 Å². The molecule has 1 aromatic heterocycles. The van der Waals surface area contributed by atoms with Crippen LogP contribution in [0.1, 0.15) is 35.3 Å². The van der Waals surface area contributed by atoms with Crippen LogP contribution in [0.2, 0.25) is 0 Å². The van der Waals surface area contributed by atoms with E-state index in [-0.39, 0.29) is 11.9 Å². The quantitative estimate of drug-likeness (QED) is 0.548. The number of esters is 1. The highest BCUT2D eigenvalue weighted by Crippen LogP contribution is 2.29.